The Morgan fingerprint density at radius 1 is 1.19 bits per heavy atom. The molecule has 0 spiro atoms. The van der Waals surface area contributed by atoms with Gasteiger partial charge in [-0.3, -0.25) is 4.79 Å². The minimum atomic E-state index is -0.758. The molecular weight excluding hydrogens is 330 g/mol. The Morgan fingerprint density at radius 2 is 2.00 bits per heavy atom. The third kappa shape index (κ3) is 3.18. The molecule has 6 nitrogen and oxygen atoms in total. The summed E-state index contributed by atoms with van der Waals surface area (Å²) in [4.78, 5) is 28.7. The zero-order valence-corrected chi connectivity index (χ0v) is 14.2. The largest absolute Gasteiger partial charge is 0.448 e. The van der Waals surface area contributed by atoms with Gasteiger partial charge >= 0.3 is 5.97 Å². The average Bonchev–Trinajstić information content (AvgIpc) is 3.08. The van der Waals surface area contributed by atoms with Crippen molar-refractivity contribution in [3.8, 4) is 0 Å². The van der Waals surface area contributed by atoms with Gasteiger partial charge in [0.25, 0.3) is 5.91 Å². The first-order valence-electron chi connectivity index (χ1n) is 8.69. The number of carbonyl (C=O) groups excluding carboxylic acids is 2. The number of aryl methyl sites for hydroxylation is 1. The van der Waals surface area contributed by atoms with Crippen LogP contribution in [0.1, 0.15) is 22.3 Å². The lowest BCUT2D eigenvalue weighted by atomic mass is 9.98. The van der Waals surface area contributed by atoms with Crippen molar-refractivity contribution in [3.63, 3.8) is 0 Å². The zero-order chi connectivity index (χ0) is 17.9. The molecule has 0 bridgehead atoms. The van der Waals surface area contributed by atoms with E-state index in [1.807, 2.05) is 42.7 Å². The summed E-state index contributed by atoms with van der Waals surface area (Å²) >= 11 is 0. The Balaban J connectivity index is 1.30. The number of ether oxygens (including phenoxy) is 1. The average molecular weight is 349 g/mol. The number of hydrogen-bond donors (Lipinski definition) is 1. The lowest BCUT2D eigenvalue weighted by Crippen LogP contribution is -2.42. The van der Waals surface area contributed by atoms with E-state index < -0.39 is 12.1 Å². The molecule has 1 amide bonds. The van der Waals surface area contributed by atoms with Crippen molar-refractivity contribution in [1.82, 2.24) is 14.9 Å². The highest BCUT2D eigenvalue weighted by molar-refractivity contribution is 5.95. The zero-order valence-electron chi connectivity index (χ0n) is 14.2. The van der Waals surface area contributed by atoms with Crippen LogP contribution in [0.4, 0.5) is 0 Å². The normalized spacial score (nSPS) is 16.2. The van der Waals surface area contributed by atoms with Crippen LogP contribution in [0.3, 0.4) is 0 Å². The van der Waals surface area contributed by atoms with Crippen molar-refractivity contribution in [1.29, 1.82) is 0 Å². The van der Waals surface area contributed by atoms with Crippen molar-refractivity contribution in [2.45, 2.75) is 25.5 Å². The van der Waals surface area contributed by atoms with Crippen LogP contribution in [-0.2, 0) is 22.5 Å². The van der Waals surface area contributed by atoms with E-state index in [9.17, 15) is 9.59 Å². The summed E-state index contributed by atoms with van der Waals surface area (Å²) in [6.07, 6.45) is 2.24. The molecule has 6 heteroatoms. The van der Waals surface area contributed by atoms with Crippen LogP contribution >= 0.6 is 0 Å². The second-order valence-electron chi connectivity index (χ2n) is 6.33. The van der Waals surface area contributed by atoms with Gasteiger partial charge in [0, 0.05) is 19.5 Å². The fraction of sp³-hybridized carbons (Fsp3) is 0.250. The maximum absolute atomic E-state index is 12.3. The van der Waals surface area contributed by atoms with E-state index in [0.717, 1.165) is 29.6 Å². The molecule has 0 aliphatic carbocycles. The number of rotatable bonds is 5. The molecule has 3 aromatic rings. The van der Waals surface area contributed by atoms with Gasteiger partial charge in [-0.1, -0.05) is 30.3 Å². The Hall–Kier alpha value is -3.15. The molecule has 1 aliphatic heterocycles. The van der Waals surface area contributed by atoms with Gasteiger partial charge in [0.15, 0.2) is 6.10 Å². The molecule has 1 aromatic heterocycles. The van der Waals surface area contributed by atoms with Crippen LogP contribution in [0.5, 0.6) is 0 Å². The van der Waals surface area contributed by atoms with Crippen LogP contribution < -0.4 is 5.32 Å². The van der Waals surface area contributed by atoms with E-state index in [-0.39, 0.29) is 5.91 Å². The predicted octanol–water partition coefficient (Wildman–Crippen LogP) is 2.32. The third-order valence-corrected chi connectivity index (χ3v) is 4.59. The van der Waals surface area contributed by atoms with E-state index in [2.05, 4.69) is 14.9 Å². The lowest BCUT2D eigenvalue weighted by molar-refractivity contribution is -0.130. The molecule has 2 aromatic carbocycles. The topological polar surface area (TPSA) is 73.2 Å². The summed E-state index contributed by atoms with van der Waals surface area (Å²) in [5, 5.41) is 2.86. The first kappa shape index (κ1) is 16.3. The number of benzene rings is 2. The Bertz CT molecular complexity index is 964. The van der Waals surface area contributed by atoms with Crippen LogP contribution in [0.2, 0.25) is 0 Å². The summed E-state index contributed by atoms with van der Waals surface area (Å²) in [5.74, 6) is -0.680. The number of aromatic nitrogens is 2. The Morgan fingerprint density at radius 3 is 2.92 bits per heavy atom. The number of fused-ring (bicyclic) bond motifs is 2. The van der Waals surface area contributed by atoms with Gasteiger partial charge in [0.05, 0.1) is 22.9 Å². The first-order chi connectivity index (χ1) is 12.7. The number of hydrogen-bond acceptors (Lipinski definition) is 4. The van der Waals surface area contributed by atoms with Gasteiger partial charge in [-0.2, -0.15) is 0 Å². The first-order valence-corrected chi connectivity index (χ1v) is 8.69. The molecule has 0 radical (unpaired) electrons. The molecule has 4 rings (SSSR count). The van der Waals surface area contributed by atoms with Gasteiger partial charge in [0.1, 0.15) is 0 Å². The standard InChI is InChI=1S/C20H19N3O3/c24-19(18-12-14-6-1-2-7-15(14)20(25)26-18)21-10-5-11-23-13-22-16-8-3-4-9-17(16)23/h1-4,6-9,13,18H,5,10-12H2,(H,21,24)/t18-/m1/s1. The molecule has 26 heavy (non-hydrogen) atoms. The van der Waals surface area contributed by atoms with Gasteiger partial charge < -0.3 is 14.6 Å². The van der Waals surface area contributed by atoms with Gasteiger partial charge in [-0.05, 0) is 30.2 Å². The van der Waals surface area contributed by atoms with E-state index >= 15 is 0 Å². The van der Waals surface area contributed by atoms with Crippen molar-refractivity contribution in [2.75, 3.05) is 6.54 Å². The minimum Gasteiger partial charge on any atom is -0.448 e. The maximum Gasteiger partial charge on any atom is 0.339 e. The summed E-state index contributed by atoms with van der Waals surface area (Å²) in [7, 11) is 0. The fourth-order valence-corrected chi connectivity index (χ4v) is 3.24. The Labute approximate surface area is 150 Å². The van der Waals surface area contributed by atoms with E-state index in [1.54, 1.807) is 12.1 Å². The number of nitrogens with one attached hydrogen (secondary N) is 1. The minimum absolute atomic E-state index is 0.247. The predicted molar refractivity (Wildman–Crippen MR) is 96.7 cm³/mol. The molecule has 1 aliphatic rings. The van der Waals surface area contributed by atoms with E-state index in [1.165, 1.54) is 0 Å². The second-order valence-corrected chi connectivity index (χ2v) is 6.33. The van der Waals surface area contributed by atoms with Crippen LogP contribution in [-0.4, -0.2) is 34.1 Å². The monoisotopic (exact) mass is 349 g/mol. The number of imidazole rings is 1. The molecule has 1 atom stereocenters. The quantitative estimate of drug-likeness (QED) is 0.567. The highest BCUT2D eigenvalue weighted by Gasteiger charge is 2.30. The number of nitrogens with zero attached hydrogens (tertiary/aromatic N) is 2. The number of esters is 1. The van der Waals surface area contributed by atoms with Crippen molar-refractivity contribution in [2.24, 2.45) is 0 Å². The summed E-state index contributed by atoms with van der Waals surface area (Å²) in [6, 6.07) is 15.2. The SMILES string of the molecule is O=C1O[C@@H](C(=O)NCCCn2cnc3ccccc32)Cc2ccccc21. The summed E-state index contributed by atoms with van der Waals surface area (Å²) < 4.78 is 7.34. The summed E-state index contributed by atoms with van der Waals surface area (Å²) in [5.41, 5.74) is 3.44. The smallest absolute Gasteiger partial charge is 0.339 e. The van der Waals surface area contributed by atoms with Crippen LogP contribution in [0, 0.1) is 0 Å². The number of carbonyl (C=O) groups is 2. The van der Waals surface area contributed by atoms with Crippen molar-refractivity contribution < 1.29 is 14.3 Å². The second kappa shape index (κ2) is 7.00. The summed E-state index contributed by atoms with van der Waals surface area (Å²) in [6.45, 7) is 1.27. The van der Waals surface area contributed by atoms with Crippen molar-refractivity contribution in [3.05, 3.63) is 66.0 Å². The van der Waals surface area contributed by atoms with Crippen molar-refractivity contribution >= 4 is 22.9 Å². The highest BCUT2D eigenvalue weighted by Crippen LogP contribution is 2.20. The molecular formula is C20H19N3O3. The van der Waals surface area contributed by atoms with E-state index in [0.29, 0.717) is 18.5 Å². The molecule has 0 saturated carbocycles. The van der Waals surface area contributed by atoms with E-state index in [4.69, 9.17) is 4.74 Å². The maximum atomic E-state index is 12.3. The number of cyclic esters (lactones) is 1. The highest BCUT2D eigenvalue weighted by atomic mass is 16.5. The fourth-order valence-electron chi connectivity index (χ4n) is 3.24. The van der Waals surface area contributed by atoms with Gasteiger partial charge in [-0.25, -0.2) is 9.78 Å². The third-order valence-electron chi connectivity index (χ3n) is 4.59. The van der Waals surface area contributed by atoms with Crippen LogP contribution in [0.15, 0.2) is 54.9 Å². The molecule has 2 heterocycles. The number of para-hydroxylation sites is 2. The lowest BCUT2D eigenvalue weighted by Gasteiger charge is -2.23. The molecule has 132 valence electrons. The molecule has 1 N–H and O–H groups in total. The number of amides is 1. The van der Waals surface area contributed by atoms with Gasteiger partial charge in [0.2, 0.25) is 0 Å². The Kier molecular flexibility index (Phi) is 4.39. The van der Waals surface area contributed by atoms with Gasteiger partial charge in [-0.15, -0.1) is 0 Å². The molecule has 0 saturated heterocycles. The molecule has 0 fully saturated rings. The molecule has 0 unspecified atom stereocenters. The van der Waals surface area contributed by atoms with Crippen LogP contribution in [0.25, 0.3) is 11.0 Å².